The van der Waals surface area contributed by atoms with Crippen LogP contribution in [0, 0.1) is 0 Å². The van der Waals surface area contributed by atoms with Gasteiger partial charge in [-0.3, -0.25) is 4.79 Å². The van der Waals surface area contributed by atoms with Crippen LogP contribution in [-0.4, -0.2) is 5.78 Å². The fourth-order valence-electron chi connectivity index (χ4n) is 2.44. The second kappa shape index (κ2) is 9.40. The maximum atomic E-state index is 12.4. The second-order valence-corrected chi connectivity index (χ2v) is 8.25. The topological polar surface area (TPSA) is 39.4 Å². The number of ketones is 1. The number of halogens is 2. The lowest BCUT2D eigenvalue weighted by atomic mass is 10.2. The fraction of sp³-hybridized carbons (Fsp3) is 0.190. The van der Waals surface area contributed by atoms with Crippen molar-refractivity contribution in [2.45, 2.75) is 26.4 Å². The lowest BCUT2D eigenvalue weighted by Gasteiger charge is -2.05. The summed E-state index contributed by atoms with van der Waals surface area (Å²) in [6.07, 6.45) is 5.23. The molecule has 0 bridgehead atoms. The van der Waals surface area contributed by atoms with Gasteiger partial charge in [0.25, 0.3) is 0 Å². The monoisotopic (exact) mass is 464 g/mol. The average Bonchev–Trinajstić information content (AvgIpc) is 3.26. The van der Waals surface area contributed by atoms with E-state index in [-0.39, 0.29) is 12.4 Å². The number of thiophene rings is 1. The first-order chi connectivity index (χ1) is 13.1. The lowest BCUT2D eigenvalue weighted by molar-refractivity contribution is 0.105. The average molecular weight is 466 g/mol. The van der Waals surface area contributed by atoms with Crippen molar-refractivity contribution in [3.05, 3.63) is 79.3 Å². The summed E-state index contributed by atoms with van der Waals surface area (Å²) in [5.74, 6) is 1.83. The molecule has 0 spiro atoms. The SMILES string of the molecule is CCCc1sc(C(=O)/C=C/c2ccc(COc3ccccc3Cl)o2)cc1Br. The van der Waals surface area contributed by atoms with Crippen LogP contribution < -0.4 is 4.74 Å². The maximum Gasteiger partial charge on any atom is 0.195 e. The molecule has 1 aromatic carbocycles. The summed E-state index contributed by atoms with van der Waals surface area (Å²) in [6.45, 7) is 2.39. The van der Waals surface area contributed by atoms with Crippen LogP contribution in [-0.2, 0) is 13.0 Å². The Bertz CT molecular complexity index is 958. The Hall–Kier alpha value is -1.82. The number of benzene rings is 1. The van der Waals surface area contributed by atoms with Gasteiger partial charge in [-0.15, -0.1) is 11.3 Å². The summed E-state index contributed by atoms with van der Waals surface area (Å²) in [4.78, 5) is 14.3. The Kier molecular flexibility index (Phi) is 6.94. The minimum absolute atomic E-state index is 0.0340. The van der Waals surface area contributed by atoms with Crippen LogP contribution >= 0.6 is 38.9 Å². The van der Waals surface area contributed by atoms with E-state index in [0.717, 1.165) is 22.2 Å². The molecule has 0 unspecified atom stereocenters. The van der Waals surface area contributed by atoms with Gasteiger partial charge in [0.05, 0.1) is 9.90 Å². The Morgan fingerprint density at radius 1 is 1.30 bits per heavy atom. The van der Waals surface area contributed by atoms with Crippen molar-refractivity contribution < 1.29 is 13.9 Å². The smallest absolute Gasteiger partial charge is 0.195 e. The van der Waals surface area contributed by atoms with Gasteiger partial charge in [-0.25, -0.2) is 0 Å². The van der Waals surface area contributed by atoms with Gasteiger partial charge in [-0.05, 0) is 64.8 Å². The van der Waals surface area contributed by atoms with Crippen molar-refractivity contribution in [1.29, 1.82) is 0 Å². The molecule has 0 saturated carbocycles. The summed E-state index contributed by atoms with van der Waals surface area (Å²) in [6, 6.07) is 12.8. The van der Waals surface area contributed by atoms with Crippen LogP contribution in [0.3, 0.4) is 0 Å². The second-order valence-electron chi connectivity index (χ2n) is 5.85. The van der Waals surface area contributed by atoms with Gasteiger partial charge in [-0.2, -0.15) is 0 Å². The third-order valence-electron chi connectivity index (χ3n) is 3.77. The molecule has 0 N–H and O–H groups in total. The van der Waals surface area contributed by atoms with Crippen LogP contribution in [0.4, 0.5) is 0 Å². The van der Waals surface area contributed by atoms with E-state index in [1.54, 1.807) is 18.2 Å². The maximum absolute atomic E-state index is 12.4. The highest BCUT2D eigenvalue weighted by Crippen LogP contribution is 2.29. The fourth-order valence-corrected chi connectivity index (χ4v) is 4.52. The highest BCUT2D eigenvalue weighted by Gasteiger charge is 2.11. The van der Waals surface area contributed by atoms with E-state index >= 15 is 0 Å². The summed E-state index contributed by atoms with van der Waals surface area (Å²) >= 11 is 11.1. The number of hydrogen-bond donors (Lipinski definition) is 0. The van der Waals surface area contributed by atoms with E-state index in [2.05, 4.69) is 22.9 Å². The number of carbonyl (C=O) groups is 1. The van der Waals surface area contributed by atoms with Crippen LogP contribution in [0.25, 0.3) is 6.08 Å². The van der Waals surface area contributed by atoms with Gasteiger partial charge >= 0.3 is 0 Å². The number of furan rings is 1. The van der Waals surface area contributed by atoms with E-state index in [1.807, 2.05) is 30.3 Å². The Labute approximate surface area is 175 Å². The number of hydrogen-bond acceptors (Lipinski definition) is 4. The van der Waals surface area contributed by atoms with Gasteiger partial charge in [0.15, 0.2) is 5.78 Å². The third-order valence-corrected chi connectivity index (χ3v) is 6.26. The molecule has 27 heavy (non-hydrogen) atoms. The molecule has 0 saturated heterocycles. The minimum atomic E-state index is -0.0340. The first-order valence-corrected chi connectivity index (χ1v) is 10.5. The van der Waals surface area contributed by atoms with Crippen molar-refractivity contribution in [2.75, 3.05) is 0 Å². The van der Waals surface area contributed by atoms with Crippen molar-refractivity contribution in [3.8, 4) is 5.75 Å². The molecule has 0 atom stereocenters. The number of para-hydroxylation sites is 1. The molecule has 0 aliphatic rings. The Balaban J connectivity index is 1.60. The standard InChI is InChI=1S/C21H18BrClO3S/c1-2-5-20-16(22)12-21(27-20)18(24)11-10-14-8-9-15(26-14)13-25-19-7-4-3-6-17(19)23/h3-4,6-12H,2,5,13H2,1H3/b11-10+. The molecule has 0 radical (unpaired) electrons. The molecule has 0 fully saturated rings. The zero-order valence-corrected chi connectivity index (χ0v) is 17.9. The third kappa shape index (κ3) is 5.34. The molecule has 2 heterocycles. The summed E-state index contributed by atoms with van der Waals surface area (Å²) in [5.41, 5.74) is 0. The zero-order valence-electron chi connectivity index (χ0n) is 14.7. The van der Waals surface area contributed by atoms with Crippen LogP contribution in [0.5, 0.6) is 5.75 Å². The van der Waals surface area contributed by atoms with Crippen LogP contribution in [0.15, 0.2) is 57.4 Å². The number of carbonyl (C=O) groups excluding carboxylic acids is 1. The number of rotatable bonds is 8. The molecular formula is C21H18BrClO3S. The van der Waals surface area contributed by atoms with Crippen molar-refractivity contribution >= 4 is 50.7 Å². The molecule has 2 aromatic heterocycles. The molecule has 3 aromatic rings. The normalized spacial score (nSPS) is 11.2. The molecule has 3 rings (SSSR count). The number of ether oxygens (including phenoxy) is 1. The highest BCUT2D eigenvalue weighted by molar-refractivity contribution is 9.10. The summed E-state index contributed by atoms with van der Waals surface area (Å²) < 4.78 is 12.3. The van der Waals surface area contributed by atoms with Gasteiger partial charge < -0.3 is 9.15 Å². The first-order valence-electron chi connectivity index (χ1n) is 8.53. The molecule has 0 aliphatic heterocycles. The molecule has 6 heteroatoms. The van der Waals surface area contributed by atoms with Gasteiger partial charge in [0.1, 0.15) is 23.9 Å². The largest absolute Gasteiger partial charge is 0.484 e. The van der Waals surface area contributed by atoms with Gasteiger partial charge in [-0.1, -0.05) is 37.1 Å². The highest BCUT2D eigenvalue weighted by atomic mass is 79.9. The van der Waals surface area contributed by atoms with Crippen molar-refractivity contribution in [1.82, 2.24) is 0 Å². The molecule has 3 nitrogen and oxygen atoms in total. The van der Waals surface area contributed by atoms with Gasteiger partial charge in [0, 0.05) is 9.35 Å². The number of aryl methyl sites for hydroxylation is 1. The lowest BCUT2D eigenvalue weighted by Crippen LogP contribution is -1.93. The Morgan fingerprint density at radius 2 is 2.11 bits per heavy atom. The predicted octanol–water partition coefficient (Wildman–Crippen LogP) is 7.18. The quantitative estimate of drug-likeness (QED) is 0.261. The minimum Gasteiger partial charge on any atom is -0.484 e. The molecule has 0 aliphatic carbocycles. The van der Waals surface area contributed by atoms with E-state index in [0.29, 0.717) is 22.3 Å². The van der Waals surface area contributed by atoms with Crippen molar-refractivity contribution in [3.63, 3.8) is 0 Å². The molecular weight excluding hydrogens is 448 g/mol. The summed E-state index contributed by atoms with van der Waals surface area (Å²) in [5, 5.41) is 0.555. The van der Waals surface area contributed by atoms with Crippen LogP contribution in [0.1, 0.15) is 39.4 Å². The molecule has 0 amide bonds. The van der Waals surface area contributed by atoms with Crippen LogP contribution in [0.2, 0.25) is 5.02 Å². The predicted molar refractivity (Wildman–Crippen MR) is 114 cm³/mol. The zero-order chi connectivity index (χ0) is 19.2. The number of allylic oxidation sites excluding steroid dienone is 1. The van der Waals surface area contributed by atoms with E-state index in [1.165, 1.54) is 22.3 Å². The van der Waals surface area contributed by atoms with Crippen molar-refractivity contribution in [2.24, 2.45) is 0 Å². The van der Waals surface area contributed by atoms with E-state index in [4.69, 9.17) is 20.8 Å². The Morgan fingerprint density at radius 3 is 2.89 bits per heavy atom. The summed E-state index contributed by atoms with van der Waals surface area (Å²) in [7, 11) is 0. The molecule has 140 valence electrons. The van der Waals surface area contributed by atoms with Gasteiger partial charge in [0.2, 0.25) is 0 Å². The van der Waals surface area contributed by atoms with E-state index in [9.17, 15) is 4.79 Å². The first kappa shape index (κ1) is 19.9. The van der Waals surface area contributed by atoms with E-state index < -0.39 is 0 Å².